The van der Waals surface area contributed by atoms with Gasteiger partial charge in [-0.05, 0) is 48.9 Å². The molecule has 0 radical (unpaired) electrons. The number of nitrogens with one attached hydrogen (secondary N) is 2. The summed E-state index contributed by atoms with van der Waals surface area (Å²) in [5.74, 6) is -0.0149. The summed E-state index contributed by atoms with van der Waals surface area (Å²) < 4.78 is -0.0689. The van der Waals surface area contributed by atoms with Crippen molar-refractivity contribution in [2.75, 3.05) is 26.2 Å². The van der Waals surface area contributed by atoms with E-state index in [2.05, 4.69) is 57.4 Å². The largest absolute Gasteiger partial charge is 0.361 e. The average Bonchev–Trinajstić information content (AvgIpc) is 3.48. The molecule has 0 unspecified atom stereocenters. The number of fused-ring (bicyclic) bond motifs is 1. The molecule has 2 saturated heterocycles. The van der Waals surface area contributed by atoms with Crippen molar-refractivity contribution in [3.63, 3.8) is 0 Å². The number of piperazine rings is 1. The smallest absolute Gasteiger partial charge is 0.242 e. The monoisotopic (exact) mass is 636 g/mol. The number of benzene rings is 3. The Hall–Kier alpha value is -2.78. The van der Waals surface area contributed by atoms with E-state index in [-0.39, 0.29) is 18.2 Å². The van der Waals surface area contributed by atoms with Gasteiger partial charge in [0.1, 0.15) is 4.75 Å². The third kappa shape index (κ3) is 5.18. The van der Waals surface area contributed by atoms with Crippen LogP contribution in [0, 0.1) is 6.92 Å². The highest BCUT2D eigenvalue weighted by Crippen LogP contribution is 2.55. The van der Waals surface area contributed by atoms with Crippen LogP contribution in [0.3, 0.4) is 0 Å². The van der Waals surface area contributed by atoms with Gasteiger partial charge in [-0.15, -0.1) is 11.8 Å². The molecule has 2 aliphatic heterocycles. The maximum atomic E-state index is 14.7. The molecule has 2 aliphatic rings. The highest BCUT2D eigenvalue weighted by Gasteiger charge is 2.59. The number of thioether (sulfide) groups is 1. The Labute approximate surface area is 251 Å². The first kappa shape index (κ1) is 27.4. The molecule has 2 amide bonds. The Morgan fingerprint density at radius 1 is 1.07 bits per heavy atom. The summed E-state index contributed by atoms with van der Waals surface area (Å²) in [5, 5.41) is 4.95. The lowest BCUT2D eigenvalue weighted by Crippen LogP contribution is -2.55. The summed E-state index contributed by atoms with van der Waals surface area (Å²) >= 11 is 11.4. The van der Waals surface area contributed by atoms with Crippen molar-refractivity contribution in [1.82, 2.24) is 20.1 Å². The van der Waals surface area contributed by atoms with Gasteiger partial charge in [0.25, 0.3) is 0 Å². The van der Waals surface area contributed by atoms with Crippen molar-refractivity contribution in [2.45, 2.75) is 35.6 Å². The molecule has 6 nitrogen and oxygen atoms in total. The van der Waals surface area contributed by atoms with Gasteiger partial charge in [0, 0.05) is 69.8 Å². The van der Waals surface area contributed by atoms with Crippen LogP contribution in [0.1, 0.15) is 29.2 Å². The van der Waals surface area contributed by atoms with E-state index in [0.29, 0.717) is 24.7 Å². The second-order valence-electron chi connectivity index (χ2n) is 10.5. The number of aromatic nitrogens is 1. The van der Waals surface area contributed by atoms with Gasteiger partial charge in [0.05, 0.1) is 12.5 Å². The molecule has 0 spiro atoms. The lowest BCUT2D eigenvalue weighted by molar-refractivity contribution is -0.135. The van der Waals surface area contributed by atoms with E-state index in [1.54, 1.807) is 0 Å². The Morgan fingerprint density at radius 3 is 2.52 bits per heavy atom. The molecule has 0 bridgehead atoms. The predicted molar refractivity (Wildman–Crippen MR) is 165 cm³/mol. The van der Waals surface area contributed by atoms with Crippen LogP contribution in [0.5, 0.6) is 0 Å². The average molecular weight is 638 g/mol. The van der Waals surface area contributed by atoms with Crippen molar-refractivity contribution in [1.29, 1.82) is 0 Å². The minimum atomic E-state index is -1.05. The zero-order chi connectivity index (χ0) is 27.9. The molecule has 9 heteroatoms. The second-order valence-corrected chi connectivity index (χ2v) is 13.3. The molecule has 0 aliphatic carbocycles. The Balaban J connectivity index is 1.53. The third-order valence-electron chi connectivity index (χ3n) is 7.81. The quantitative estimate of drug-likeness (QED) is 0.259. The van der Waals surface area contributed by atoms with E-state index in [1.807, 2.05) is 58.5 Å². The van der Waals surface area contributed by atoms with Gasteiger partial charge in [0.15, 0.2) is 0 Å². The van der Waals surface area contributed by atoms with E-state index < -0.39 is 10.8 Å². The summed E-state index contributed by atoms with van der Waals surface area (Å²) in [6.07, 6.45) is 2.07. The summed E-state index contributed by atoms with van der Waals surface area (Å²) in [6.45, 7) is 5.17. The van der Waals surface area contributed by atoms with Crippen LogP contribution in [0.2, 0.25) is 5.02 Å². The van der Waals surface area contributed by atoms with Crippen molar-refractivity contribution in [3.8, 4) is 0 Å². The molecule has 4 aromatic rings. The first-order valence-corrected chi connectivity index (χ1v) is 15.4. The zero-order valence-corrected chi connectivity index (χ0v) is 25.3. The molecule has 6 rings (SSSR count). The number of hydrogen-bond acceptors (Lipinski definition) is 4. The number of halogens is 2. The number of hydrogen-bond donors (Lipinski definition) is 2. The number of amides is 2. The lowest BCUT2D eigenvalue weighted by Gasteiger charge is -2.40. The number of carbonyl (C=O) groups is 2. The van der Waals surface area contributed by atoms with Crippen molar-refractivity contribution < 1.29 is 9.59 Å². The fourth-order valence-corrected chi connectivity index (χ4v) is 7.74. The summed E-state index contributed by atoms with van der Waals surface area (Å²) in [7, 11) is 0. The first-order valence-electron chi connectivity index (χ1n) is 13.4. The van der Waals surface area contributed by atoms with Crippen LogP contribution < -0.4 is 5.32 Å². The van der Waals surface area contributed by atoms with Crippen molar-refractivity contribution >= 4 is 62.0 Å². The standard InChI is InChI=1S/C31H30BrClN4O2S/c1-20-2-9-24(10-3-20)40-31(30(39)36-14-12-34-13-15-36)17-28(38)37(19-21-4-6-22(32)7-5-21)29(31)26-18-35-27-16-23(33)8-11-25(26)27/h2-11,16,18,29,34-35H,12-15,17,19H2,1H3/t29-,31-/m0/s1. The maximum Gasteiger partial charge on any atom is 0.242 e. The minimum Gasteiger partial charge on any atom is -0.361 e. The normalized spacial score (nSPS) is 21.4. The zero-order valence-electron chi connectivity index (χ0n) is 22.1. The molecular weight excluding hydrogens is 608 g/mol. The molecule has 2 fully saturated rings. The number of H-pyrrole nitrogens is 1. The highest BCUT2D eigenvalue weighted by atomic mass is 79.9. The highest BCUT2D eigenvalue weighted by molar-refractivity contribution is 9.10. The third-order valence-corrected chi connectivity index (χ3v) is 9.99. The molecule has 206 valence electrons. The van der Waals surface area contributed by atoms with E-state index in [1.165, 1.54) is 11.8 Å². The van der Waals surface area contributed by atoms with E-state index in [4.69, 9.17) is 11.6 Å². The predicted octanol–water partition coefficient (Wildman–Crippen LogP) is 6.33. The Morgan fingerprint density at radius 2 is 1.80 bits per heavy atom. The number of rotatable bonds is 6. The molecule has 1 aromatic heterocycles. The fourth-order valence-electron chi connectivity index (χ4n) is 5.83. The molecule has 2 N–H and O–H groups in total. The first-order chi connectivity index (χ1) is 19.3. The SMILES string of the molecule is Cc1ccc(S[C@@]2(C(=O)N3CCNCC3)CC(=O)N(Cc3ccc(Br)cc3)[C@H]2c2c[nH]c3cc(Cl)ccc23)cc1. The van der Waals surface area contributed by atoms with Crippen LogP contribution in [-0.2, 0) is 16.1 Å². The second kappa shape index (κ2) is 11.2. The lowest BCUT2D eigenvalue weighted by atomic mass is 9.90. The van der Waals surface area contributed by atoms with E-state index >= 15 is 0 Å². The molecule has 2 atom stereocenters. The van der Waals surface area contributed by atoms with Gasteiger partial charge in [-0.1, -0.05) is 63.4 Å². The van der Waals surface area contributed by atoms with Gasteiger partial charge >= 0.3 is 0 Å². The number of aromatic amines is 1. The summed E-state index contributed by atoms with van der Waals surface area (Å²) in [4.78, 5) is 37.0. The topological polar surface area (TPSA) is 68.4 Å². The number of nitrogens with zero attached hydrogens (tertiary/aromatic N) is 2. The van der Waals surface area contributed by atoms with E-state index in [9.17, 15) is 9.59 Å². The fraction of sp³-hybridized carbons (Fsp3) is 0.290. The van der Waals surface area contributed by atoms with Crippen LogP contribution in [0.25, 0.3) is 10.9 Å². The Kier molecular flexibility index (Phi) is 7.70. The molecule has 3 heterocycles. The minimum absolute atomic E-state index is 0.0135. The number of carbonyl (C=O) groups excluding carboxylic acids is 2. The van der Waals surface area contributed by atoms with Crippen molar-refractivity contribution in [2.24, 2.45) is 0 Å². The number of aryl methyl sites for hydroxylation is 1. The molecule has 3 aromatic carbocycles. The van der Waals surface area contributed by atoms with Crippen LogP contribution in [0.15, 0.2) is 82.3 Å². The number of likely N-dealkylation sites (tertiary alicyclic amines) is 1. The van der Waals surface area contributed by atoms with Gasteiger partial charge < -0.3 is 20.1 Å². The Bertz CT molecular complexity index is 1550. The van der Waals surface area contributed by atoms with Crippen LogP contribution in [0.4, 0.5) is 0 Å². The molecular formula is C31H30BrClN4O2S. The van der Waals surface area contributed by atoms with E-state index in [0.717, 1.165) is 50.1 Å². The van der Waals surface area contributed by atoms with Crippen molar-refractivity contribution in [3.05, 3.63) is 99.1 Å². The van der Waals surface area contributed by atoms with Gasteiger partial charge in [-0.2, -0.15) is 0 Å². The summed E-state index contributed by atoms with van der Waals surface area (Å²) in [5.41, 5.74) is 3.97. The van der Waals surface area contributed by atoms with Crippen LogP contribution >= 0.6 is 39.3 Å². The summed E-state index contributed by atoms with van der Waals surface area (Å²) in [6, 6.07) is 21.5. The molecule has 0 saturated carbocycles. The maximum absolute atomic E-state index is 14.7. The van der Waals surface area contributed by atoms with Gasteiger partial charge in [0.2, 0.25) is 11.8 Å². The van der Waals surface area contributed by atoms with Gasteiger partial charge in [-0.3, -0.25) is 9.59 Å². The molecule has 40 heavy (non-hydrogen) atoms. The van der Waals surface area contributed by atoms with Gasteiger partial charge in [-0.25, -0.2) is 0 Å². The van der Waals surface area contributed by atoms with Crippen LogP contribution in [-0.4, -0.2) is 57.5 Å².